The molecule has 0 saturated carbocycles. The molecular weight excluding hydrogens is 358 g/mol. The minimum atomic E-state index is -0.545. The minimum Gasteiger partial charge on any atom is -0.372 e. The zero-order chi connectivity index (χ0) is 20.4. The van der Waals surface area contributed by atoms with Gasteiger partial charge in [-0.3, -0.25) is 20.4 Å². The molecule has 0 heterocycles. The fraction of sp³-hybridized carbons (Fsp3) is 0.250. The lowest BCUT2D eigenvalue weighted by molar-refractivity contribution is -0.120. The molecule has 2 aromatic rings. The number of hydrogen-bond acceptors (Lipinski definition) is 4. The molecule has 8 heteroatoms. The van der Waals surface area contributed by atoms with E-state index in [0.29, 0.717) is 11.3 Å². The topological polar surface area (TPSA) is 103 Å². The van der Waals surface area contributed by atoms with Crippen molar-refractivity contribution in [2.24, 2.45) is 0 Å². The number of benzene rings is 2. The van der Waals surface area contributed by atoms with Gasteiger partial charge in [0.1, 0.15) is 6.54 Å². The molecule has 0 unspecified atom stereocenters. The second-order valence-electron chi connectivity index (χ2n) is 5.90. The number of para-hydroxylation sites is 1. The number of nitrogens with one attached hydrogen (secondary N) is 4. The van der Waals surface area contributed by atoms with E-state index in [1.54, 1.807) is 36.4 Å². The highest BCUT2D eigenvalue weighted by Crippen LogP contribution is 2.14. The molecule has 2 aromatic carbocycles. The van der Waals surface area contributed by atoms with Gasteiger partial charge in [0, 0.05) is 30.0 Å². The van der Waals surface area contributed by atoms with Crippen LogP contribution in [0.1, 0.15) is 24.2 Å². The lowest BCUT2D eigenvalue weighted by Crippen LogP contribution is -2.47. The Morgan fingerprint density at radius 3 is 2.11 bits per heavy atom. The third-order valence-corrected chi connectivity index (χ3v) is 4.01. The largest absolute Gasteiger partial charge is 0.372 e. The summed E-state index contributed by atoms with van der Waals surface area (Å²) in [7, 11) is 0. The molecule has 0 spiro atoms. The lowest BCUT2D eigenvalue weighted by Gasteiger charge is -2.21. The van der Waals surface area contributed by atoms with Crippen molar-refractivity contribution in [3.63, 3.8) is 0 Å². The quantitative estimate of drug-likeness (QED) is 0.550. The van der Waals surface area contributed by atoms with E-state index in [4.69, 9.17) is 0 Å². The van der Waals surface area contributed by atoms with Crippen LogP contribution >= 0.6 is 0 Å². The summed E-state index contributed by atoms with van der Waals surface area (Å²) in [4.78, 5) is 37.8. The van der Waals surface area contributed by atoms with Crippen LogP contribution in [0.3, 0.4) is 0 Å². The summed E-state index contributed by atoms with van der Waals surface area (Å²) in [6, 6.07) is 15.4. The molecule has 0 aliphatic heterocycles. The van der Waals surface area contributed by atoms with E-state index in [9.17, 15) is 14.4 Å². The third-order valence-electron chi connectivity index (χ3n) is 4.01. The molecule has 0 atom stereocenters. The molecule has 0 aromatic heterocycles. The third kappa shape index (κ3) is 6.31. The van der Waals surface area contributed by atoms with E-state index in [1.165, 1.54) is 0 Å². The number of hydrogen-bond donors (Lipinski definition) is 4. The van der Waals surface area contributed by atoms with E-state index in [0.717, 1.165) is 18.8 Å². The van der Waals surface area contributed by atoms with Crippen molar-refractivity contribution in [2.45, 2.75) is 13.8 Å². The molecule has 28 heavy (non-hydrogen) atoms. The van der Waals surface area contributed by atoms with Gasteiger partial charge in [-0.2, -0.15) is 0 Å². The van der Waals surface area contributed by atoms with Gasteiger partial charge in [-0.15, -0.1) is 0 Å². The predicted octanol–water partition coefficient (Wildman–Crippen LogP) is 2.12. The maximum atomic E-state index is 12.1. The Kier molecular flexibility index (Phi) is 7.83. The van der Waals surface area contributed by atoms with E-state index < -0.39 is 17.8 Å². The number of anilines is 2. The molecule has 4 amide bonds. The van der Waals surface area contributed by atoms with Crippen molar-refractivity contribution in [3.05, 3.63) is 60.2 Å². The van der Waals surface area contributed by atoms with Crippen LogP contribution in [0.4, 0.5) is 16.2 Å². The molecule has 0 aliphatic carbocycles. The number of hydrazine groups is 1. The average Bonchev–Trinajstić information content (AvgIpc) is 2.72. The van der Waals surface area contributed by atoms with Crippen LogP contribution in [0.2, 0.25) is 0 Å². The first-order chi connectivity index (χ1) is 13.5. The number of nitrogens with zero attached hydrogens (tertiary/aromatic N) is 1. The molecule has 148 valence electrons. The van der Waals surface area contributed by atoms with Crippen molar-refractivity contribution in [3.8, 4) is 0 Å². The first kappa shape index (κ1) is 20.8. The van der Waals surface area contributed by atoms with Gasteiger partial charge in [-0.1, -0.05) is 18.2 Å². The minimum absolute atomic E-state index is 0.278. The maximum absolute atomic E-state index is 12.1. The molecule has 4 N–H and O–H groups in total. The number of amides is 4. The second-order valence-corrected chi connectivity index (χ2v) is 5.90. The standard InChI is InChI=1S/C20H25N5O3/c1-3-25(4-2)17-12-10-15(11-13-17)19(27)24-23-18(26)14-21-20(28)22-16-8-6-5-7-9-16/h5-13H,3-4,14H2,1-2H3,(H,23,26)(H,24,27)(H2,21,22,28). The molecule has 0 aliphatic rings. The molecular formula is C20H25N5O3. The normalized spacial score (nSPS) is 9.93. The summed E-state index contributed by atoms with van der Waals surface area (Å²) in [6.07, 6.45) is 0. The first-order valence-corrected chi connectivity index (χ1v) is 9.07. The van der Waals surface area contributed by atoms with Crippen molar-refractivity contribution < 1.29 is 14.4 Å². The Morgan fingerprint density at radius 2 is 1.50 bits per heavy atom. The molecule has 0 radical (unpaired) electrons. The van der Waals surface area contributed by atoms with Crippen LogP contribution < -0.4 is 26.4 Å². The van der Waals surface area contributed by atoms with Gasteiger partial charge >= 0.3 is 6.03 Å². The van der Waals surface area contributed by atoms with Crippen LogP contribution in [0, 0.1) is 0 Å². The van der Waals surface area contributed by atoms with Crippen molar-refractivity contribution in [1.29, 1.82) is 0 Å². The Labute approximate surface area is 164 Å². The van der Waals surface area contributed by atoms with Crippen LogP contribution in [-0.2, 0) is 4.79 Å². The predicted molar refractivity (Wildman–Crippen MR) is 109 cm³/mol. The van der Waals surface area contributed by atoms with Gasteiger partial charge in [-0.25, -0.2) is 4.79 Å². The first-order valence-electron chi connectivity index (χ1n) is 9.07. The number of rotatable bonds is 7. The summed E-state index contributed by atoms with van der Waals surface area (Å²) < 4.78 is 0. The van der Waals surface area contributed by atoms with Crippen molar-refractivity contribution >= 4 is 29.2 Å². The van der Waals surface area contributed by atoms with E-state index in [-0.39, 0.29) is 6.54 Å². The zero-order valence-corrected chi connectivity index (χ0v) is 16.0. The molecule has 0 saturated heterocycles. The van der Waals surface area contributed by atoms with Crippen molar-refractivity contribution in [1.82, 2.24) is 16.2 Å². The fourth-order valence-electron chi connectivity index (χ4n) is 2.51. The Morgan fingerprint density at radius 1 is 0.857 bits per heavy atom. The van der Waals surface area contributed by atoms with E-state index in [1.807, 2.05) is 18.2 Å². The highest BCUT2D eigenvalue weighted by Gasteiger charge is 2.10. The molecule has 8 nitrogen and oxygen atoms in total. The molecule has 0 fully saturated rings. The summed E-state index contributed by atoms with van der Waals surface area (Å²) in [5, 5.41) is 5.00. The van der Waals surface area contributed by atoms with Crippen molar-refractivity contribution in [2.75, 3.05) is 29.9 Å². The van der Waals surface area contributed by atoms with Gasteiger partial charge in [0.15, 0.2) is 0 Å². The Balaban J connectivity index is 1.74. The highest BCUT2D eigenvalue weighted by atomic mass is 16.2. The van der Waals surface area contributed by atoms with Crippen LogP contribution in [0.5, 0.6) is 0 Å². The average molecular weight is 383 g/mol. The number of carbonyl (C=O) groups excluding carboxylic acids is 3. The van der Waals surface area contributed by atoms with Crippen LogP contribution in [-0.4, -0.2) is 37.5 Å². The Bertz CT molecular complexity index is 789. The lowest BCUT2D eigenvalue weighted by atomic mass is 10.2. The van der Waals surface area contributed by atoms with E-state index in [2.05, 4.69) is 40.2 Å². The van der Waals surface area contributed by atoms with Gasteiger partial charge in [0.25, 0.3) is 11.8 Å². The summed E-state index contributed by atoms with van der Waals surface area (Å²) in [5.41, 5.74) is 6.66. The SMILES string of the molecule is CCN(CC)c1ccc(C(=O)NNC(=O)CNC(=O)Nc2ccccc2)cc1. The van der Waals surface area contributed by atoms with Gasteiger partial charge < -0.3 is 15.5 Å². The fourth-order valence-corrected chi connectivity index (χ4v) is 2.51. The van der Waals surface area contributed by atoms with E-state index >= 15 is 0 Å². The highest BCUT2D eigenvalue weighted by molar-refractivity contribution is 5.96. The number of carbonyl (C=O) groups is 3. The summed E-state index contributed by atoms with van der Waals surface area (Å²) in [5.74, 6) is -0.982. The summed E-state index contributed by atoms with van der Waals surface area (Å²) in [6.45, 7) is 5.60. The molecule has 2 rings (SSSR count). The van der Waals surface area contributed by atoms with Gasteiger partial charge in [0.05, 0.1) is 0 Å². The summed E-state index contributed by atoms with van der Waals surface area (Å²) >= 11 is 0. The monoisotopic (exact) mass is 383 g/mol. The zero-order valence-electron chi connectivity index (χ0n) is 16.0. The smallest absolute Gasteiger partial charge is 0.319 e. The Hall–Kier alpha value is -3.55. The second kappa shape index (κ2) is 10.6. The van der Waals surface area contributed by atoms with Crippen LogP contribution in [0.25, 0.3) is 0 Å². The van der Waals surface area contributed by atoms with Gasteiger partial charge in [-0.05, 0) is 50.2 Å². The maximum Gasteiger partial charge on any atom is 0.319 e. The number of urea groups is 1. The van der Waals surface area contributed by atoms with Gasteiger partial charge in [0.2, 0.25) is 0 Å². The van der Waals surface area contributed by atoms with Crippen LogP contribution in [0.15, 0.2) is 54.6 Å². The molecule has 0 bridgehead atoms.